The van der Waals surface area contributed by atoms with Gasteiger partial charge in [0.05, 0.1) is 10.7 Å². The van der Waals surface area contributed by atoms with Crippen molar-refractivity contribution in [3.8, 4) is 0 Å². The van der Waals surface area contributed by atoms with Gasteiger partial charge in [-0.3, -0.25) is 4.79 Å². The number of nitrogens with two attached hydrogens (primary N) is 1. The van der Waals surface area contributed by atoms with Crippen molar-refractivity contribution in [2.75, 3.05) is 23.7 Å². The van der Waals surface area contributed by atoms with Gasteiger partial charge in [0.25, 0.3) is 5.91 Å². The summed E-state index contributed by atoms with van der Waals surface area (Å²) in [5, 5.41) is 3.88. The highest BCUT2D eigenvalue weighted by Crippen LogP contribution is 2.34. The van der Waals surface area contributed by atoms with E-state index in [1.54, 1.807) is 0 Å². The molecule has 110 valence electrons. The van der Waals surface area contributed by atoms with Gasteiger partial charge in [0.1, 0.15) is 4.88 Å². The molecule has 0 saturated carbocycles. The van der Waals surface area contributed by atoms with Crippen LogP contribution in [0.15, 0.2) is 30.3 Å². The van der Waals surface area contributed by atoms with Gasteiger partial charge >= 0.3 is 0 Å². The van der Waals surface area contributed by atoms with E-state index in [4.69, 9.17) is 5.73 Å². The van der Waals surface area contributed by atoms with Gasteiger partial charge in [-0.2, -0.15) is 0 Å². The summed E-state index contributed by atoms with van der Waals surface area (Å²) in [6.45, 7) is 4.36. The molecule has 2 aromatic rings. The fraction of sp³-hybridized carbons (Fsp3) is 0.312. The summed E-state index contributed by atoms with van der Waals surface area (Å²) in [6.07, 6.45) is 1.03. The second kappa shape index (κ2) is 5.77. The number of hydrogen-bond acceptors (Lipinski definition) is 4. The molecule has 1 aliphatic rings. The number of fused-ring (bicyclic) bond motifs is 1. The maximum absolute atomic E-state index is 12.0. The van der Waals surface area contributed by atoms with E-state index in [1.165, 1.54) is 22.5 Å². The fourth-order valence-electron chi connectivity index (χ4n) is 2.65. The van der Waals surface area contributed by atoms with Crippen molar-refractivity contribution in [2.24, 2.45) is 0 Å². The van der Waals surface area contributed by atoms with Crippen molar-refractivity contribution in [1.29, 1.82) is 0 Å². The van der Waals surface area contributed by atoms with E-state index in [0.29, 0.717) is 17.1 Å². The SMILES string of the molecule is CCNC(=O)c1sc(N2CCc3ccccc3C2)cc1N. The zero-order chi connectivity index (χ0) is 14.8. The molecule has 0 radical (unpaired) electrons. The van der Waals surface area contributed by atoms with Crippen LogP contribution in [0.4, 0.5) is 10.7 Å². The predicted molar refractivity (Wildman–Crippen MR) is 87.9 cm³/mol. The quantitative estimate of drug-likeness (QED) is 0.916. The van der Waals surface area contributed by atoms with Crippen LogP contribution in [0.2, 0.25) is 0 Å². The summed E-state index contributed by atoms with van der Waals surface area (Å²) >= 11 is 1.48. The van der Waals surface area contributed by atoms with Crippen molar-refractivity contribution in [2.45, 2.75) is 19.9 Å². The summed E-state index contributed by atoms with van der Waals surface area (Å²) in [6, 6.07) is 10.4. The molecular formula is C16H19N3OS. The van der Waals surface area contributed by atoms with Crippen molar-refractivity contribution < 1.29 is 4.79 Å². The molecule has 3 N–H and O–H groups in total. The van der Waals surface area contributed by atoms with Crippen LogP contribution >= 0.6 is 11.3 Å². The van der Waals surface area contributed by atoms with E-state index in [2.05, 4.69) is 34.5 Å². The minimum absolute atomic E-state index is 0.0799. The van der Waals surface area contributed by atoms with Crippen LogP contribution in [0.5, 0.6) is 0 Å². The lowest BCUT2D eigenvalue weighted by molar-refractivity contribution is 0.0960. The van der Waals surface area contributed by atoms with Gasteiger partial charge < -0.3 is 16.0 Å². The number of amides is 1. The van der Waals surface area contributed by atoms with Crippen LogP contribution in [0, 0.1) is 0 Å². The lowest BCUT2D eigenvalue weighted by Gasteiger charge is -2.29. The number of hydrogen-bond donors (Lipinski definition) is 2. The number of nitrogens with one attached hydrogen (secondary N) is 1. The Labute approximate surface area is 128 Å². The van der Waals surface area contributed by atoms with Gasteiger partial charge in [-0.05, 0) is 30.5 Å². The summed E-state index contributed by atoms with van der Waals surface area (Å²) in [7, 11) is 0. The van der Waals surface area contributed by atoms with E-state index >= 15 is 0 Å². The number of nitrogen functional groups attached to an aromatic ring is 1. The number of anilines is 2. The van der Waals surface area contributed by atoms with Crippen molar-refractivity contribution in [1.82, 2.24) is 5.32 Å². The Balaban J connectivity index is 1.83. The highest BCUT2D eigenvalue weighted by molar-refractivity contribution is 7.18. The Kier molecular flexibility index (Phi) is 3.84. The molecule has 0 fully saturated rings. The van der Waals surface area contributed by atoms with E-state index in [9.17, 15) is 4.79 Å². The van der Waals surface area contributed by atoms with Crippen LogP contribution in [-0.4, -0.2) is 19.0 Å². The fourth-order valence-corrected chi connectivity index (χ4v) is 3.67. The average Bonchev–Trinajstić information content (AvgIpc) is 2.89. The third-order valence-corrected chi connectivity index (χ3v) is 4.94. The smallest absolute Gasteiger partial charge is 0.263 e. The molecule has 4 nitrogen and oxygen atoms in total. The van der Waals surface area contributed by atoms with Gasteiger partial charge in [0.15, 0.2) is 0 Å². The third kappa shape index (κ3) is 2.74. The average molecular weight is 301 g/mol. The molecule has 1 amide bonds. The molecule has 0 saturated heterocycles. The van der Waals surface area contributed by atoms with Crippen LogP contribution in [-0.2, 0) is 13.0 Å². The highest BCUT2D eigenvalue weighted by atomic mass is 32.1. The number of benzene rings is 1. The minimum atomic E-state index is -0.0799. The monoisotopic (exact) mass is 301 g/mol. The Morgan fingerprint density at radius 2 is 2.14 bits per heavy atom. The van der Waals surface area contributed by atoms with Gasteiger partial charge in [0, 0.05) is 19.6 Å². The first-order valence-electron chi connectivity index (χ1n) is 7.18. The molecule has 1 aromatic carbocycles. The Hall–Kier alpha value is -2.01. The van der Waals surface area contributed by atoms with Crippen LogP contribution in [0.1, 0.15) is 27.7 Å². The molecule has 2 heterocycles. The lowest BCUT2D eigenvalue weighted by Crippen LogP contribution is -2.29. The first-order valence-corrected chi connectivity index (χ1v) is 8.00. The Bertz CT molecular complexity index is 665. The lowest BCUT2D eigenvalue weighted by atomic mass is 10.0. The minimum Gasteiger partial charge on any atom is -0.397 e. The number of thiophene rings is 1. The molecule has 1 aromatic heterocycles. The zero-order valence-electron chi connectivity index (χ0n) is 12.1. The van der Waals surface area contributed by atoms with Gasteiger partial charge in [0.2, 0.25) is 0 Å². The van der Waals surface area contributed by atoms with Gasteiger partial charge in [-0.1, -0.05) is 24.3 Å². The van der Waals surface area contributed by atoms with E-state index in [1.807, 2.05) is 13.0 Å². The van der Waals surface area contributed by atoms with E-state index in [0.717, 1.165) is 24.5 Å². The molecule has 0 aliphatic carbocycles. The summed E-state index contributed by atoms with van der Waals surface area (Å²) in [5.41, 5.74) is 9.34. The standard InChI is InChI=1S/C16H19N3OS/c1-2-18-16(20)15-13(17)9-14(21-15)19-8-7-11-5-3-4-6-12(11)10-19/h3-6,9H,2,7-8,10,17H2,1H3,(H,18,20). The first-order chi connectivity index (χ1) is 10.2. The second-order valence-electron chi connectivity index (χ2n) is 5.17. The molecule has 0 unspecified atom stereocenters. The largest absolute Gasteiger partial charge is 0.397 e. The van der Waals surface area contributed by atoms with Gasteiger partial charge in [-0.15, -0.1) is 11.3 Å². The van der Waals surface area contributed by atoms with Crippen LogP contribution < -0.4 is 16.0 Å². The zero-order valence-corrected chi connectivity index (χ0v) is 12.9. The van der Waals surface area contributed by atoms with Gasteiger partial charge in [-0.25, -0.2) is 0 Å². The highest BCUT2D eigenvalue weighted by Gasteiger charge is 2.21. The van der Waals surface area contributed by atoms with E-state index < -0.39 is 0 Å². The predicted octanol–water partition coefficient (Wildman–Crippen LogP) is 2.64. The summed E-state index contributed by atoms with van der Waals surface area (Å²) in [5.74, 6) is -0.0799. The molecule has 3 rings (SSSR count). The molecule has 0 atom stereocenters. The topological polar surface area (TPSA) is 58.4 Å². The number of nitrogens with zero attached hydrogens (tertiary/aromatic N) is 1. The van der Waals surface area contributed by atoms with E-state index in [-0.39, 0.29) is 5.91 Å². The molecule has 0 spiro atoms. The maximum Gasteiger partial charge on any atom is 0.263 e. The molecule has 1 aliphatic heterocycles. The number of carbonyl (C=O) groups excluding carboxylic acids is 1. The number of carbonyl (C=O) groups is 1. The molecule has 0 bridgehead atoms. The normalized spacial score (nSPS) is 13.9. The number of rotatable bonds is 3. The third-order valence-electron chi connectivity index (χ3n) is 3.73. The second-order valence-corrected chi connectivity index (χ2v) is 6.20. The Morgan fingerprint density at radius 3 is 2.90 bits per heavy atom. The van der Waals surface area contributed by atoms with Crippen molar-refractivity contribution in [3.05, 3.63) is 46.3 Å². The molecule has 21 heavy (non-hydrogen) atoms. The Morgan fingerprint density at radius 1 is 1.38 bits per heavy atom. The summed E-state index contributed by atoms with van der Waals surface area (Å²) < 4.78 is 0. The van der Waals surface area contributed by atoms with Crippen LogP contribution in [0.25, 0.3) is 0 Å². The first kappa shape index (κ1) is 13.9. The molecule has 5 heteroatoms. The van der Waals surface area contributed by atoms with Crippen LogP contribution in [0.3, 0.4) is 0 Å². The van der Waals surface area contributed by atoms with Crippen molar-refractivity contribution >= 4 is 27.9 Å². The molecular weight excluding hydrogens is 282 g/mol. The van der Waals surface area contributed by atoms with Crippen molar-refractivity contribution in [3.63, 3.8) is 0 Å². The maximum atomic E-state index is 12.0. The summed E-state index contributed by atoms with van der Waals surface area (Å²) in [4.78, 5) is 14.9.